The molecule has 0 aliphatic rings. The van der Waals surface area contributed by atoms with Crippen molar-refractivity contribution >= 4 is 11.9 Å². The molecule has 0 aliphatic carbocycles. The minimum atomic E-state index is -0.0444. The summed E-state index contributed by atoms with van der Waals surface area (Å²) in [6.07, 6.45) is 16.5. The Morgan fingerprint density at radius 3 is 1.27 bits per heavy atom. The van der Waals surface area contributed by atoms with Gasteiger partial charge in [-0.1, -0.05) is 91.9 Å². The molecule has 178 valence electrons. The molecule has 0 spiro atoms. The van der Waals surface area contributed by atoms with Crippen LogP contribution in [-0.4, -0.2) is 25.2 Å². The predicted octanol–water partition coefficient (Wildman–Crippen LogP) is 7.63. The van der Waals surface area contributed by atoms with Crippen LogP contribution < -0.4 is 0 Å². The fourth-order valence-electron chi connectivity index (χ4n) is 3.61. The summed E-state index contributed by atoms with van der Waals surface area (Å²) in [5, 5.41) is 0. The van der Waals surface area contributed by atoms with Crippen molar-refractivity contribution in [3.63, 3.8) is 0 Å². The summed E-state index contributed by atoms with van der Waals surface area (Å²) < 4.78 is 10.9. The van der Waals surface area contributed by atoms with Gasteiger partial charge >= 0.3 is 11.9 Å². The number of ether oxygens (including phenoxy) is 2. The summed E-state index contributed by atoms with van der Waals surface area (Å²) in [5.41, 5.74) is 0. The van der Waals surface area contributed by atoms with Crippen LogP contribution in [0.4, 0.5) is 0 Å². The van der Waals surface area contributed by atoms with Crippen molar-refractivity contribution in [1.29, 1.82) is 0 Å². The summed E-state index contributed by atoms with van der Waals surface area (Å²) in [6.45, 7) is 9.90. The minimum Gasteiger partial charge on any atom is -0.465 e. The maximum atomic E-state index is 11.9. The van der Waals surface area contributed by atoms with E-state index in [-0.39, 0.29) is 11.9 Å². The Morgan fingerprint density at radius 2 is 0.933 bits per heavy atom. The summed E-state index contributed by atoms with van der Waals surface area (Å²) in [7, 11) is 0. The van der Waals surface area contributed by atoms with Crippen LogP contribution in [0, 0.1) is 11.8 Å². The number of carbonyl (C=O) groups excluding carboxylic acids is 2. The second-order valence-electron chi connectivity index (χ2n) is 8.82. The third kappa shape index (κ3) is 17.8. The molecule has 0 rings (SSSR count). The SMILES string of the molecule is CCCC[C@@H](CC)COC(=O)CCCCCCCCC(=O)OC[C@@H](CC)CCCC. The molecule has 4 nitrogen and oxygen atoms in total. The molecule has 0 heterocycles. The third-order valence-corrected chi connectivity index (χ3v) is 6.06. The lowest BCUT2D eigenvalue weighted by Crippen LogP contribution is -2.13. The van der Waals surface area contributed by atoms with Crippen LogP contribution in [0.15, 0.2) is 0 Å². The highest BCUT2D eigenvalue weighted by molar-refractivity contribution is 5.69. The van der Waals surface area contributed by atoms with E-state index in [1.54, 1.807) is 0 Å². The zero-order valence-electron chi connectivity index (χ0n) is 20.5. The van der Waals surface area contributed by atoms with E-state index in [4.69, 9.17) is 9.47 Å². The highest BCUT2D eigenvalue weighted by Crippen LogP contribution is 2.15. The number of unbranched alkanes of at least 4 members (excludes halogenated alkanes) is 7. The summed E-state index contributed by atoms with van der Waals surface area (Å²) in [6, 6.07) is 0. The molecule has 0 aliphatic heterocycles. The van der Waals surface area contributed by atoms with Crippen molar-refractivity contribution < 1.29 is 19.1 Å². The van der Waals surface area contributed by atoms with Gasteiger partial charge in [-0.2, -0.15) is 0 Å². The van der Waals surface area contributed by atoms with Crippen molar-refractivity contribution in [1.82, 2.24) is 0 Å². The van der Waals surface area contributed by atoms with Gasteiger partial charge in [-0.25, -0.2) is 0 Å². The van der Waals surface area contributed by atoms with E-state index in [1.807, 2.05) is 0 Å². The van der Waals surface area contributed by atoms with Gasteiger partial charge in [-0.15, -0.1) is 0 Å². The second-order valence-corrected chi connectivity index (χ2v) is 8.82. The van der Waals surface area contributed by atoms with Crippen LogP contribution in [0.3, 0.4) is 0 Å². The van der Waals surface area contributed by atoms with E-state index in [0.717, 1.165) is 64.2 Å². The van der Waals surface area contributed by atoms with Crippen molar-refractivity contribution in [3.8, 4) is 0 Å². The van der Waals surface area contributed by atoms with Gasteiger partial charge in [0.05, 0.1) is 13.2 Å². The Kier molecular flexibility index (Phi) is 20.4. The highest BCUT2D eigenvalue weighted by Gasteiger charge is 2.11. The monoisotopic (exact) mass is 426 g/mol. The molecule has 0 radical (unpaired) electrons. The van der Waals surface area contributed by atoms with Crippen LogP contribution in [0.1, 0.15) is 130 Å². The van der Waals surface area contributed by atoms with Gasteiger partial charge in [0.15, 0.2) is 0 Å². The van der Waals surface area contributed by atoms with Crippen LogP contribution in [0.5, 0.6) is 0 Å². The van der Waals surface area contributed by atoms with E-state index >= 15 is 0 Å². The highest BCUT2D eigenvalue weighted by atomic mass is 16.5. The maximum Gasteiger partial charge on any atom is 0.305 e. The molecule has 30 heavy (non-hydrogen) atoms. The normalized spacial score (nSPS) is 13.1. The van der Waals surface area contributed by atoms with Crippen molar-refractivity contribution in [2.75, 3.05) is 13.2 Å². The molecule has 0 aromatic carbocycles. The number of esters is 2. The van der Waals surface area contributed by atoms with Gasteiger partial charge in [-0.05, 0) is 37.5 Å². The molecule has 0 amide bonds. The first-order valence-electron chi connectivity index (χ1n) is 12.9. The maximum absolute atomic E-state index is 11.9. The Balaban J connectivity index is 3.56. The Hall–Kier alpha value is -1.06. The molecule has 0 saturated heterocycles. The molecule has 0 bridgehead atoms. The van der Waals surface area contributed by atoms with E-state index < -0.39 is 0 Å². The van der Waals surface area contributed by atoms with Crippen molar-refractivity contribution in [2.24, 2.45) is 11.8 Å². The number of hydrogen-bond donors (Lipinski definition) is 0. The molecule has 0 N–H and O–H groups in total. The van der Waals surface area contributed by atoms with E-state index in [1.165, 1.54) is 25.7 Å². The third-order valence-electron chi connectivity index (χ3n) is 6.06. The summed E-state index contributed by atoms with van der Waals surface area (Å²) in [5.74, 6) is 0.948. The first kappa shape index (κ1) is 28.9. The van der Waals surface area contributed by atoms with Gasteiger partial charge in [0, 0.05) is 12.8 Å². The molecule has 0 unspecified atom stereocenters. The average Bonchev–Trinajstić information content (AvgIpc) is 2.75. The second kappa shape index (κ2) is 21.2. The topological polar surface area (TPSA) is 52.6 Å². The smallest absolute Gasteiger partial charge is 0.305 e. The molecule has 0 aromatic heterocycles. The molecule has 4 heteroatoms. The lowest BCUT2D eigenvalue weighted by Gasteiger charge is -2.14. The largest absolute Gasteiger partial charge is 0.465 e. The molecular formula is C26H50O4. The first-order chi connectivity index (χ1) is 14.6. The summed E-state index contributed by atoms with van der Waals surface area (Å²) in [4.78, 5) is 23.7. The van der Waals surface area contributed by atoms with Gasteiger partial charge in [0.1, 0.15) is 0 Å². The van der Waals surface area contributed by atoms with E-state index in [9.17, 15) is 9.59 Å². The zero-order valence-corrected chi connectivity index (χ0v) is 20.5. The van der Waals surface area contributed by atoms with E-state index in [2.05, 4.69) is 27.7 Å². The van der Waals surface area contributed by atoms with Gasteiger partial charge in [-0.3, -0.25) is 9.59 Å². The quantitative estimate of drug-likeness (QED) is 0.140. The fraction of sp³-hybridized carbons (Fsp3) is 0.923. The Bertz CT molecular complexity index is 370. The number of carbonyl (C=O) groups is 2. The van der Waals surface area contributed by atoms with Crippen LogP contribution >= 0.6 is 0 Å². The van der Waals surface area contributed by atoms with Crippen molar-refractivity contribution in [2.45, 2.75) is 130 Å². The zero-order chi connectivity index (χ0) is 22.5. The minimum absolute atomic E-state index is 0.0444. The summed E-state index contributed by atoms with van der Waals surface area (Å²) >= 11 is 0. The van der Waals surface area contributed by atoms with Crippen molar-refractivity contribution in [3.05, 3.63) is 0 Å². The van der Waals surface area contributed by atoms with Crippen LogP contribution in [0.25, 0.3) is 0 Å². The first-order valence-corrected chi connectivity index (χ1v) is 12.9. The average molecular weight is 427 g/mol. The fourth-order valence-corrected chi connectivity index (χ4v) is 3.61. The molecular weight excluding hydrogens is 376 g/mol. The molecule has 0 aromatic rings. The standard InChI is InChI=1S/C26H50O4/c1-5-9-17-23(7-3)21-29-25(27)19-15-13-11-12-14-16-20-26(28)30-22-24(8-4)18-10-6-2/h23-24H,5-22H2,1-4H3/t23-,24+. The van der Waals surface area contributed by atoms with Crippen LogP contribution in [-0.2, 0) is 19.1 Å². The van der Waals surface area contributed by atoms with Gasteiger partial charge < -0.3 is 9.47 Å². The number of rotatable bonds is 21. The predicted molar refractivity (Wildman–Crippen MR) is 125 cm³/mol. The molecule has 2 atom stereocenters. The lowest BCUT2D eigenvalue weighted by atomic mass is 10.0. The van der Waals surface area contributed by atoms with Crippen LogP contribution in [0.2, 0.25) is 0 Å². The molecule has 0 fully saturated rings. The Labute approximate surface area is 186 Å². The van der Waals surface area contributed by atoms with Gasteiger partial charge in [0.2, 0.25) is 0 Å². The van der Waals surface area contributed by atoms with E-state index in [0.29, 0.717) is 37.9 Å². The molecule has 0 saturated carbocycles. The number of hydrogen-bond acceptors (Lipinski definition) is 4. The lowest BCUT2D eigenvalue weighted by molar-refractivity contribution is -0.146. The Morgan fingerprint density at radius 1 is 0.567 bits per heavy atom. The van der Waals surface area contributed by atoms with Gasteiger partial charge in [0.25, 0.3) is 0 Å².